The molecule has 0 aliphatic heterocycles. The van der Waals surface area contributed by atoms with Crippen LogP contribution in [0.1, 0.15) is 5.69 Å². The number of aryl methyl sites for hydroxylation is 1. The Morgan fingerprint density at radius 1 is 1.33 bits per heavy atom. The summed E-state index contributed by atoms with van der Waals surface area (Å²) in [7, 11) is 0. The standard InChI is InChI=1S/C11H8FN5O/c1-6-7(12)5-13-11(14-6)10-4-9(15-16-10)8-2-3-18-17-8/h2-5H,1H3,(H,15,16). The molecule has 0 radical (unpaired) electrons. The van der Waals surface area contributed by atoms with E-state index < -0.39 is 5.82 Å². The molecule has 0 amide bonds. The first-order valence-electron chi connectivity index (χ1n) is 5.20. The molecule has 0 aromatic carbocycles. The van der Waals surface area contributed by atoms with E-state index in [2.05, 4.69) is 25.3 Å². The van der Waals surface area contributed by atoms with Crippen molar-refractivity contribution in [3.63, 3.8) is 0 Å². The molecule has 0 atom stereocenters. The van der Waals surface area contributed by atoms with Crippen LogP contribution in [0.25, 0.3) is 22.9 Å². The first kappa shape index (κ1) is 10.6. The highest BCUT2D eigenvalue weighted by atomic mass is 19.1. The minimum atomic E-state index is -0.435. The Bertz CT molecular complexity index is 677. The average Bonchev–Trinajstić information content (AvgIpc) is 3.01. The topological polar surface area (TPSA) is 80.5 Å². The summed E-state index contributed by atoms with van der Waals surface area (Å²) in [6.45, 7) is 1.58. The molecule has 3 rings (SSSR count). The largest absolute Gasteiger partial charge is 0.364 e. The maximum Gasteiger partial charge on any atom is 0.177 e. The van der Waals surface area contributed by atoms with Crippen molar-refractivity contribution in [2.24, 2.45) is 0 Å². The lowest BCUT2D eigenvalue weighted by Gasteiger charge is -1.97. The molecule has 0 aliphatic rings. The van der Waals surface area contributed by atoms with E-state index in [0.29, 0.717) is 22.9 Å². The third-order valence-electron chi connectivity index (χ3n) is 2.44. The minimum absolute atomic E-state index is 0.289. The van der Waals surface area contributed by atoms with Crippen LogP contribution in [0.15, 0.2) is 29.1 Å². The van der Waals surface area contributed by atoms with Crippen LogP contribution in [-0.2, 0) is 0 Å². The van der Waals surface area contributed by atoms with Gasteiger partial charge in [-0.2, -0.15) is 5.10 Å². The molecular formula is C11H8FN5O. The molecule has 0 aliphatic carbocycles. The summed E-state index contributed by atoms with van der Waals surface area (Å²) in [4.78, 5) is 7.94. The number of halogens is 1. The van der Waals surface area contributed by atoms with E-state index in [1.54, 1.807) is 19.1 Å². The second kappa shape index (κ2) is 4.02. The average molecular weight is 245 g/mol. The van der Waals surface area contributed by atoms with E-state index in [1.165, 1.54) is 6.26 Å². The number of aromatic amines is 1. The van der Waals surface area contributed by atoms with Crippen molar-refractivity contribution in [2.45, 2.75) is 6.92 Å². The Morgan fingerprint density at radius 3 is 2.94 bits per heavy atom. The third-order valence-corrected chi connectivity index (χ3v) is 2.44. The molecule has 7 heteroatoms. The van der Waals surface area contributed by atoms with Gasteiger partial charge in [-0.05, 0) is 13.0 Å². The fourth-order valence-electron chi connectivity index (χ4n) is 1.49. The second-order valence-electron chi connectivity index (χ2n) is 3.68. The minimum Gasteiger partial charge on any atom is -0.364 e. The van der Waals surface area contributed by atoms with E-state index in [-0.39, 0.29) is 5.69 Å². The molecule has 0 spiro atoms. The summed E-state index contributed by atoms with van der Waals surface area (Å²) >= 11 is 0. The Labute approximate surface area is 101 Å². The van der Waals surface area contributed by atoms with Gasteiger partial charge in [0.25, 0.3) is 0 Å². The summed E-state index contributed by atoms with van der Waals surface area (Å²) in [6.07, 6.45) is 2.59. The predicted molar refractivity (Wildman–Crippen MR) is 59.8 cm³/mol. The molecule has 0 unspecified atom stereocenters. The van der Waals surface area contributed by atoms with Crippen LogP contribution in [0.4, 0.5) is 4.39 Å². The summed E-state index contributed by atoms with van der Waals surface area (Å²) in [5, 5.41) is 10.6. The van der Waals surface area contributed by atoms with Gasteiger partial charge in [0, 0.05) is 6.07 Å². The summed E-state index contributed by atoms with van der Waals surface area (Å²) < 4.78 is 17.8. The molecule has 3 heterocycles. The molecule has 0 saturated heterocycles. The highest BCUT2D eigenvalue weighted by Crippen LogP contribution is 2.20. The molecule has 3 aromatic heterocycles. The van der Waals surface area contributed by atoms with Gasteiger partial charge in [0.1, 0.15) is 23.3 Å². The highest BCUT2D eigenvalue weighted by molar-refractivity contribution is 5.61. The van der Waals surface area contributed by atoms with Gasteiger partial charge in [-0.3, -0.25) is 5.10 Å². The normalized spacial score (nSPS) is 10.8. The van der Waals surface area contributed by atoms with E-state index >= 15 is 0 Å². The number of nitrogens with zero attached hydrogens (tertiary/aromatic N) is 4. The van der Waals surface area contributed by atoms with Crippen molar-refractivity contribution in [1.29, 1.82) is 0 Å². The number of hydrogen-bond acceptors (Lipinski definition) is 5. The molecule has 0 fully saturated rings. The van der Waals surface area contributed by atoms with E-state index in [1.807, 2.05) is 0 Å². The smallest absolute Gasteiger partial charge is 0.177 e. The molecule has 0 bridgehead atoms. The van der Waals surface area contributed by atoms with Gasteiger partial charge < -0.3 is 4.52 Å². The highest BCUT2D eigenvalue weighted by Gasteiger charge is 2.11. The zero-order valence-corrected chi connectivity index (χ0v) is 9.38. The fraction of sp³-hybridized carbons (Fsp3) is 0.0909. The molecule has 18 heavy (non-hydrogen) atoms. The van der Waals surface area contributed by atoms with Crippen LogP contribution in [0.5, 0.6) is 0 Å². The summed E-state index contributed by atoms with van der Waals surface area (Å²) in [5.74, 6) is -0.0499. The summed E-state index contributed by atoms with van der Waals surface area (Å²) in [6, 6.07) is 3.42. The lowest BCUT2D eigenvalue weighted by atomic mass is 10.3. The van der Waals surface area contributed by atoms with Gasteiger partial charge in [-0.25, -0.2) is 14.4 Å². The second-order valence-corrected chi connectivity index (χ2v) is 3.68. The fourth-order valence-corrected chi connectivity index (χ4v) is 1.49. The number of aromatic nitrogens is 5. The van der Waals surface area contributed by atoms with Crippen LogP contribution in [-0.4, -0.2) is 25.3 Å². The first-order chi connectivity index (χ1) is 8.74. The van der Waals surface area contributed by atoms with Crippen molar-refractivity contribution >= 4 is 0 Å². The van der Waals surface area contributed by atoms with Gasteiger partial charge in [-0.15, -0.1) is 0 Å². The van der Waals surface area contributed by atoms with Crippen LogP contribution in [0.2, 0.25) is 0 Å². The zero-order chi connectivity index (χ0) is 12.5. The quantitative estimate of drug-likeness (QED) is 0.746. The van der Waals surface area contributed by atoms with Crippen molar-refractivity contribution in [1.82, 2.24) is 25.3 Å². The van der Waals surface area contributed by atoms with Crippen molar-refractivity contribution in [3.05, 3.63) is 36.1 Å². The zero-order valence-electron chi connectivity index (χ0n) is 9.38. The first-order valence-corrected chi connectivity index (χ1v) is 5.20. The van der Waals surface area contributed by atoms with Crippen LogP contribution >= 0.6 is 0 Å². The Balaban J connectivity index is 2.00. The van der Waals surface area contributed by atoms with E-state index in [4.69, 9.17) is 4.52 Å². The molecule has 0 saturated carbocycles. The number of hydrogen-bond donors (Lipinski definition) is 1. The van der Waals surface area contributed by atoms with Crippen molar-refractivity contribution in [3.8, 4) is 22.9 Å². The van der Waals surface area contributed by atoms with Gasteiger partial charge in [0.2, 0.25) is 0 Å². The monoisotopic (exact) mass is 245 g/mol. The maximum absolute atomic E-state index is 13.1. The van der Waals surface area contributed by atoms with Gasteiger partial charge in [0.05, 0.1) is 11.9 Å². The molecule has 3 aromatic rings. The Morgan fingerprint density at radius 2 is 2.22 bits per heavy atom. The third kappa shape index (κ3) is 1.75. The summed E-state index contributed by atoms with van der Waals surface area (Å²) in [5.41, 5.74) is 2.11. The Kier molecular flexibility index (Phi) is 2.36. The van der Waals surface area contributed by atoms with Gasteiger partial charge in [0.15, 0.2) is 11.6 Å². The maximum atomic E-state index is 13.1. The SMILES string of the molecule is Cc1nc(-c2cc(-c3ccon3)n[nH]2)ncc1F. The molecule has 1 N–H and O–H groups in total. The van der Waals surface area contributed by atoms with Crippen LogP contribution in [0.3, 0.4) is 0 Å². The van der Waals surface area contributed by atoms with Gasteiger partial charge in [-0.1, -0.05) is 5.16 Å². The lowest BCUT2D eigenvalue weighted by molar-refractivity contribution is 0.422. The molecular weight excluding hydrogens is 237 g/mol. The van der Waals surface area contributed by atoms with Crippen molar-refractivity contribution < 1.29 is 8.91 Å². The van der Waals surface area contributed by atoms with Crippen LogP contribution < -0.4 is 0 Å². The Hall–Kier alpha value is -2.57. The van der Waals surface area contributed by atoms with Gasteiger partial charge >= 0.3 is 0 Å². The molecule has 6 nitrogen and oxygen atoms in total. The number of nitrogens with one attached hydrogen (secondary N) is 1. The lowest BCUT2D eigenvalue weighted by Crippen LogP contribution is -1.95. The van der Waals surface area contributed by atoms with Crippen LogP contribution in [0, 0.1) is 12.7 Å². The van der Waals surface area contributed by atoms with E-state index in [0.717, 1.165) is 6.20 Å². The number of H-pyrrole nitrogens is 1. The van der Waals surface area contributed by atoms with Crippen molar-refractivity contribution in [2.75, 3.05) is 0 Å². The predicted octanol–water partition coefficient (Wildman–Crippen LogP) is 1.97. The molecule has 90 valence electrons. The van der Waals surface area contributed by atoms with E-state index in [9.17, 15) is 4.39 Å². The number of rotatable bonds is 2.